The Morgan fingerprint density at radius 1 is 1.08 bits per heavy atom. The third-order valence-corrected chi connectivity index (χ3v) is 8.10. The second kappa shape index (κ2) is 9.34. The van der Waals surface area contributed by atoms with E-state index in [2.05, 4.69) is 36.7 Å². The maximum Gasteiger partial charge on any atom is 0.220 e. The Morgan fingerprint density at radius 3 is 2.86 bits per heavy atom. The lowest BCUT2D eigenvalue weighted by Gasteiger charge is -2.31. The Morgan fingerprint density at radius 2 is 1.97 bits per heavy atom. The molecule has 2 fully saturated rings. The molecule has 8 heteroatoms. The van der Waals surface area contributed by atoms with E-state index >= 15 is 0 Å². The third-order valence-electron chi connectivity index (χ3n) is 8.10. The molecule has 7 nitrogen and oxygen atoms in total. The molecular formula is C29H29FN6O. The molecular weight excluding hydrogens is 467 g/mol. The zero-order valence-electron chi connectivity index (χ0n) is 20.6. The highest BCUT2D eigenvalue weighted by Crippen LogP contribution is 2.54. The molecule has 1 saturated carbocycles. The Labute approximate surface area is 215 Å². The standard InChI is InChI=1S/C29H29FN6O/c30-26-6-2-1-4-19(26)16-36-11-3-5-20(17-36)29-35-33-27(37-29)13-21-12-24-25(23-14-22(21)23)15-32-34-28(24)18-7-9-31-10-8-18/h1-2,4,6-10,12,20,22-23,32H,3,5,11,13-17H2. The second-order valence-corrected chi connectivity index (χ2v) is 10.5. The molecule has 188 valence electrons. The highest BCUT2D eigenvalue weighted by atomic mass is 19.1. The lowest BCUT2D eigenvalue weighted by molar-refractivity contribution is 0.183. The van der Waals surface area contributed by atoms with Crippen LogP contribution in [0.5, 0.6) is 0 Å². The van der Waals surface area contributed by atoms with Crippen molar-refractivity contribution >= 4 is 5.71 Å². The number of aromatic nitrogens is 3. The lowest BCUT2D eigenvalue weighted by atomic mass is 9.86. The topological polar surface area (TPSA) is 79.4 Å². The first-order chi connectivity index (χ1) is 18.2. The van der Waals surface area contributed by atoms with Crippen LogP contribution in [-0.2, 0) is 13.0 Å². The average molecular weight is 497 g/mol. The minimum atomic E-state index is -0.145. The number of rotatable bonds is 6. The molecule has 7 rings (SSSR count). The van der Waals surface area contributed by atoms with Gasteiger partial charge in [-0.25, -0.2) is 4.39 Å². The van der Waals surface area contributed by atoms with Gasteiger partial charge in [0.1, 0.15) is 5.82 Å². The number of nitrogens with one attached hydrogen (secondary N) is 1. The van der Waals surface area contributed by atoms with E-state index in [-0.39, 0.29) is 11.7 Å². The molecule has 1 N–H and O–H groups in total. The van der Waals surface area contributed by atoms with E-state index in [0.717, 1.165) is 49.3 Å². The van der Waals surface area contributed by atoms with E-state index in [1.807, 2.05) is 36.7 Å². The maximum absolute atomic E-state index is 14.2. The van der Waals surface area contributed by atoms with Gasteiger partial charge < -0.3 is 9.84 Å². The summed E-state index contributed by atoms with van der Waals surface area (Å²) in [4.78, 5) is 6.45. The molecule has 2 aromatic heterocycles. The van der Waals surface area contributed by atoms with Crippen molar-refractivity contribution in [3.63, 3.8) is 0 Å². The predicted octanol–water partition coefficient (Wildman–Crippen LogP) is 4.41. The quantitative estimate of drug-likeness (QED) is 0.545. The Balaban J connectivity index is 1.07. The molecule has 37 heavy (non-hydrogen) atoms. The molecule has 3 atom stereocenters. The average Bonchev–Trinajstić information content (AvgIpc) is 3.62. The van der Waals surface area contributed by atoms with Crippen molar-refractivity contribution in [2.75, 3.05) is 19.6 Å². The van der Waals surface area contributed by atoms with Gasteiger partial charge in [0.25, 0.3) is 0 Å². The van der Waals surface area contributed by atoms with Crippen molar-refractivity contribution < 1.29 is 8.81 Å². The van der Waals surface area contributed by atoms with Crippen LogP contribution in [0.1, 0.15) is 48.1 Å². The number of hydrogen-bond donors (Lipinski definition) is 1. The summed E-state index contributed by atoms with van der Waals surface area (Å²) in [6.45, 7) is 3.17. The van der Waals surface area contributed by atoms with Crippen molar-refractivity contribution in [2.24, 2.45) is 16.9 Å². The van der Waals surface area contributed by atoms with Gasteiger partial charge in [-0.3, -0.25) is 9.88 Å². The molecule has 3 aromatic rings. The lowest BCUT2D eigenvalue weighted by Crippen LogP contribution is -2.34. The molecule has 0 radical (unpaired) electrons. The molecule has 4 aliphatic rings. The van der Waals surface area contributed by atoms with Gasteiger partial charge in [-0.2, -0.15) is 5.10 Å². The zero-order chi connectivity index (χ0) is 24.8. The van der Waals surface area contributed by atoms with Crippen LogP contribution in [-0.4, -0.2) is 45.4 Å². The minimum Gasteiger partial charge on any atom is -0.425 e. The summed E-state index contributed by atoms with van der Waals surface area (Å²) >= 11 is 0. The Kier molecular flexibility index (Phi) is 5.69. The number of allylic oxidation sites excluding steroid dienone is 3. The van der Waals surface area contributed by atoms with Crippen molar-refractivity contribution in [3.8, 4) is 0 Å². The molecule has 2 aliphatic carbocycles. The van der Waals surface area contributed by atoms with Gasteiger partial charge in [-0.1, -0.05) is 29.8 Å². The van der Waals surface area contributed by atoms with E-state index < -0.39 is 0 Å². The molecule has 4 heterocycles. The molecule has 0 bridgehead atoms. The van der Waals surface area contributed by atoms with Gasteiger partial charge in [-0.05, 0) is 61.4 Å². The van der Waals surface area contributed by atoms with Crippen molar-refractivity contribution in [1.29, 1.82) is 0 Å². The first kappa shape index (κ1) is 22.5. The Bertz CT molecular complexity index is 1410. The number of hydrazone groups is 1. The van der Waals surface area contributed by atoms with Gasteiger partial charge in [-0.15, -0.1) is 10.2 Å². The predicted molar refractivity (Wildman–Crippen MR) is 137 cm³/mol. The van der Waals surface area contributed by atoms with Gasteiger partial charge >= 0.3 is 0 Å². The minimum absolute atomic E-state index is 0.145. The van der Waals surface area contributed by atoms with E-state index in [0.29, 0.717) is 36.6 Å². The summed E-state index contributed by atoms with van der Waals surface area (Å²) in [7, 11) is 0. The van der Waals surface area contributed by atoms with E-state index in [1.54, 1.807) is 6.07 Å². The van der Waals surface area contributed by atoms with Crippen LogP contribution in [0.15, 0.2) is 81.1 Å². The molecule has 0 spiro atoms. The highest BCUT2D eigenvalue weighted by Gasteiger charge is 2.47. The number of piperidine rings is 1. The number of halogens is 1. The fourth-order valence-corrected chi connectivity index (χ4v) is 6.14. The summed E-state index contributed by atoms with van der Waals surface area (Å²) in [5.41, 5.74) is 10.1. The SMILES string of the molecule is Fc1ccccc1CN1CCCC(c2nnc(CC3=CC4=C(CNN=C4c4ccncc4)C4CC34)o2)C1. The van der Waals surface area contributed by atoms with Crippen LogP contribution in [0.2, 0.25) is 0 Å². The molecule has 1 saturated heterocycles. The fraction of sp³-hybridized carbons (Fsp3) is 0.379. The van der Waals surface area contributed by atoms with Crippen LogP contribution in [0, 0.1) is 17.7 Å². The van der Waals surface area contributed by atoms with Crippen molar-refractivity contribution in [2.45, 2.75) is 38.1 Å². The number of likely N-dealkylation sites (tertiary alicyclic amines) is 1. The Hall–Kier alpha value is -3.65. The molecule has 1 aromatic carbocycles. The molecule has 3 unspecified atom stereocenters. The smallest absolute Gasteiger partial charge is 0.220 e. The van der Waals surface area contributed by atoms with E-state index in [4.69, 9.17) is 4.42 Å². The van der Waals surface area contributed by atoms with Crippen LogP contribution >= 0.6 is 0 Å². The van der Waals surface area contributed by atoms with Crippen molar-refractivity contribution in [1.82, 2.24) is 25.5 Å². The highest BCUT2D eigenvalue weighted by molar-refractivity contribution is 6.15. The number of pyridine rings is 1. The van der Waals surface area contributed by atoms with Gasteiger partial charge in [0.2, 0.25) is 11.8 Å². The summed E-state index contributed by atoms with van der Waals surface area (Å²) in [6, 6.07) is 11.0. The third kappa shape index (κ3) is 4.39. The second-order valence-electron chi connectivity index (χ2n) is 10.5. The van der Waals surface area contributed by atoms with Gasteiger partial charge in [0, 0.05) is 48.6 Å². The summed E-state index contributed by atoms with van der Waals surface area (Å²) in [6.07, 6.45) is 9.82. The summed E-state index contributed by atoms with van der Waals surface area (Å²) < 4.78 is 20.4. The summed E-state index contributed by atoms with van der Waals surface area (Å²) in [5, 5.41) is 13.5. The largest absolute Gasteiger partial charge is 0.425 e. The van der Waals surface area contributed by atoms with E-state index in [9.17, 15) is 4.39 Å². The maximum atomic E-state index is 14.2. The normalized spacial score (nSPS) is 25.1. The molecule has 2 aliphatic heterocycles. The van der Waals surface area contributed by atoms with Gasteiger partial charge in [0.15, 0.2) is 0 Å². The van der Waals surface area contributed by atoms with Crippen LogP contribution in [0.4, 0.5) is 4.39 Å². The van der Waals surface area contributed by atoms with Crippen LogP contribution in [0.25, 0.3) is 0 Å². The number of nitrogens with zero attached hydrogens (tertiary/aromatic N) is 5. The zero-order valence-corrected chi connectivity index (χ0v) is 20.6. The number of benzene rings is 1. The first-order valence-electron chi connectivity index (χ1n) is 13.2. The van der Waals surface area contributed by atoms with Gasteiger partial charge in [0.05, 0.1) is 18.2 Å². The van der Waals surface area contributed by atoms with Crippen LogP contribution < -0.4 is 5.43 Å². The monoisotopic (exact) mass is 496 g/mol. The van der Waals surface area contributed by atoms with E-state index in [1.165, 1.54) is 29.2 Å². The van der Waals surface area contributed by atoms with Crippen molar-refractivity contribution in [3.05, 3.63) is 100 Å². The fourth-order valence-electron chi connectivity index (χ4n) is 6.14. The number of fused-ring (bicyclic) bond motifs is 2. The number of hydrogen-bond acceptors (Lipinski definition) is 7. The first-order valence-corrected chi connectivity index (χ1v) is 13.2. The van der Waals surface area contributed by atoms with Crippen LogP contribution in [0.3, 0.4) is 0 Å². The summed E-state index contributed by atoms with van der Waals surface area (Å²) in [5.74, 6) is 2.55. The molecule has 0 amide bonds.